The highest BCUT2D eigenvalue weighted by atomic mass is 32.1. The molecule has 0 aliphatic carbocycles. The lowest BCUT2D eigenvalue weighted by Crippen LogP contribution is -2.51. The number of hydrogen-bond donors (Lipinski definition) is 3. The summed E-state index contributed by atoms with van der Waals surface area (Å²) in [5, 5.41) is 15.9. The predicted octanol–water partition coefficient (Wildman–Crippen LogP) is 4.35. The number of benzene rings is 1. The predicted molar refractivity (Wildman–Crippen MR) is 151 cm³/mol. The Balaban J connectivity index is 0.00000441. The van der Waals surface area contributed by atoms with Crippen molar-refractivity contribution in [3.63, 3.8) is 0 Å². The number of amides is 2. The van der Waals surface area contributed by atoms with Gasteiger partial charge in [0.15, 0.2) is 0 Å². The molecular weight excluding hydrogens is 521 g/mol. The molecular formula is C28H36FN5O4S. The second-order valence-electron chi connectivity index (χ2n) is 9.72. The first-order chi connectivity index (χ1) is 18.6. The third-order valence-corrected chi connectivity index (χ3v) is 8.15. The monoisotopic (exact) mass is 557 g/mol. The van der Waals surface area contributed by atoms with Crippen LogP contribution in [-0.4, -0.2) is 64.1 Å². The normalized spacial score (nSPS) is 15.4. The van der Waals surface area contributed by atoms with Crippen LogP contribution >= 0.6 is 11.3 Å². The molecule has 1 aliphatic rings. The summed E-state index contributed by atoms with van der Waals surface area (Å²) >= 11 is 1.53. The van der Waals surface area contributed by atoms with Gasteiger partial charge in [0, 0.05) is 37.6 Å². The van der Waals surface area contributed by atoms with E-state index in [1.807, 2.05) is 13.0 Å². The Morgan fingerprint density at radius 1 is 1.31 bits per heavy atom. The summed E-state index contributed by atoms with van der Waals surface area (Å²) in [5.41, 5.74) is 2.61. The summed E-state index contributed by atoms with van der Waals surface area (Å²) in [4.78, 5) is 39.1. The van der Waals surface area contributed by atoms with Gasteiger partial charge in [-0.2, -0.15) is 0 Å². The summed E-state index contributed by atoms with van der Waals surface area (Å²) in [5.74, 6) is -0.404. The highest BCUT2D eigenvalue weighted by Crippen LogP contribution is 2.36. The number of ether oxygens (including phenoxy) is 1. The van der Waals surface area contributed by atoms with Gasteiger partial charge in [-0.05, 0) is 56.5 Å². The third kappa shape index (κ3) is 6.20. The van der Waals surface area contributed by atoms with Gasteiger partial charge in [0.25, 0.3) is 5.91 Å². The molecule has 3 aromatic rings. The zero-order valence-corrected chi connectivity index (χ0v) is 23.6. The lowest BCUT2D eigenvalue weighted by molar-refractivity contribution is -0.126. The van der Waals surface area contributed by atoms with E-state index in [9.17, 15) is 19.1 Å². The van der Waals surface area contributed by atoms with Gasteiger partial charge in [0.2, 0.25) is 11.9 Å². The highest BCUT2D eigenvalue weighted by Gasteiger charge is 2.34. The molecule has 0 unspecified atom stereocenters. The van der Waals surface area contributed by atoms with Crippen molar-refractivity contribution in [2.24, 2.45) is 0 Å². The first-order valence-electron chi connectivity index (χ1n) is 12.9. The van der Waals surface area contributed by atoms with Crippen molar-refractivity contribution in [2.75, 3.05) is 25.6 Å². The molecule has 1 aromatic carbocycles. The SMILES string of the molecule is CC[C@H](C)Nc1ncc(C)c(-c2cc3c(s2)CCN([C@H](C)C(=O)N[C@H](CO)c2cc(F)cc(OC)c2)C3=O)n1.[HH]. The van der Waals surface area contributed by atoms with Gasteiger partial charge >= 0.3 is 0 Å². The first kappa shape index (κ1) is 28.4. The van der Waals surface area contributed by atoms with Gasteiger partial charge in [-0.25, -0.2) is 14.4 Å². The van der Waals surface area contributed by atoms with Crippen molar-refractivity contribution in [1.82, 2.24) is 20.2 Å². The van der Waals surface area contributed by atoms with Crippen LogP contribution in [0.1, 0.15) is 61.0 Å². The minimum Gasteiger partial charge on any atom is -0.497 e. The number of halogens is 1. The van der Waals surface area contributed by atoms with E-state index in [1.165, 1.54) is 35.5 Å². The lowest BCUT2D eigenvalue weighted by Gasteiger charge is -2.32. The quantitative estimate of drug-likeness (QED) is 0.339. The van der Waals surface area contributed by atoms with Gasteiger partial charge < -0.3 is 25.4 Å². The molecule has 0 radical (unpaired) electrons. The summed E-state index contributed by atoms with van der Waals surface area (Å²) < 4.78 is 19.1. The Bertz CT molecular complexity index is 1370. The Hall–Kier alpha value is -3.57. The van der Waals surface area contributed by atoms with E-state index in [2.05, 4.69) is 29.5 Å². The fourth-order valence-electron chi connectivity index (χ4n) is 4.42. The number of carbonyl (C=O) groups is 2. The van der Waals surface area contributed by atoms with E-state index < -0.39 is 30.4 Å². The maximum Gasteiger partial charge on any atom is 0.255 e. The van der Waals surface area contributed by atoms with Crippen molar-refractivity contribution < 1.29 is 25.2 Å². The fourth-order valence-corrected chi connectivity index (χ4v) is 5.61. The van der Waals surface area contributed by atoms with Gasteiger partial charge in [-0.1, -0.05) is 6.92 Å². The minimum atomic E-state index is -0.855. The second kappa shape index (κ2) is 12.1. The van der Waals surface area contributed by atoms with E-state index in [1.54, 1.807) is 19.2 Å². The first-order valence-corrected chi connectivity index (χ1v) is 13.8. The molecule has 2 amide bonds. The third-order valence-electron chi connectivity index (χ3n) is 6.95. The number of thiophene rings is 1. The van der Waals surface area contributed by atoms with Crippen LogP contribution in [0.4, 0.5) is 10.3 Å². The van der Waals surface area contributed by atoms with Crippen LogP contribution in [0.2, 0.25) is 0 Å². The van der Waals surface area contributed by atoms with E-state index in [0.29, 0.717) is 30.0 Å². The average Bonchev–Trinajstić information content (AvgIpc) is 3.37. The standard InChI is InChI=1S/C28H34FN5O4S.H2/c1-6-16(3)31-28-30-13-15(2)25(33-28)24-12-21-23(39-24)7-8-34(27(21)37)17(4)26(36)32-22(14-35)18-9-19(29)11-20(10-18)38-5;/h9-13,16-17,22,35H,6-8,14H2,1-5H3,(H,32,36)(H,30,31,33);1H/t16-,17+,22+;/m0./s1. The number of aromatic nitrogens is 2. The average molecular weight is 558 g/mol. The molecule has 2 aromatic heterocycles. The Kier molecular flexibility index (Phi) is 8.81. The zero-order chi connectivity index (χ0) is 28.3. The summed E-state index contributed by atoms with van der Waals surface area (Å²) in [6.07, 6.45) is 3.32. The van der Waals surface area contributed by atoms with Crippen molar-refractivity contribution in [3.8, 4) is 16.3 Å². The fraction of sp³-hybridized carbons (Fsp3) is 0.429. The van der Waals surface area contributed by atoms with Crippen molar-refractivity contribution >= 4 is 29.1 Å². The molecule has 0 saturated heterocycles. The van der Waals surface area contributed by atoms with Crippen LogP contribution in [0.3, 0.4) is 0 Å². The van der Waals surface area contributed by atoms with Crippen LogP contribution in [0.5, 0.6) is 5.75 Å². The maximum atomic E-state index is 14.0. The maximum absolute atomic E-state index is 14.0. The number of anilines is 1. The minimum absolute atomic E-state index is 0. The van der Waals surface area contributed by atoms with Gasteiger partial charge in [-0.3, -0.25) is 9.59 Å². The molecule has 3 atom stereocenters. The van der Waals surface area contributed by atoms with Crippen molar-refractivity contribution in [3.05, 3.63) is 57.8 Å². The molecule has 0 bridgehead atoms. The van der Waals surface area contributed by atoms with E-state index in [4.69, 9.17) is 9.72 Å². The van der Waals surface area contributed by atoms with Gasteiger partial charge in [-0.15, -0.1) is 11.3 Å². The van der Waals surface area contributed by atoms with Crippen molar-refractivity contribution in [1.29, 1.82) is 0 Å². The molecule has 4 rings (SSSR count). The van der Waals surface area contributed by atoms with Crippen LogP contribution < -0.4 is 15.4 Å². The van der Waals surface area contributed by atoms with Gasteiger partial charge in [0.1, 0.15) is 17.6 Å². The van der Waals surface area contributed by atoms with Crippen LogP contribution in [0.15, 0.2) is 30.5 Å². The number of carbonyl (C=O) groups excluding carboxylic acids is 2. The number of aliphatic hydroxyl groups is 1. The number of aliphatic hydroxyl groups excluding tert-OH is 1. The molecule has 11 heteroatoms. The van der Waals surface area contributed by atoms with Gasteiger partial charge in [0.05, 0.1) is 35.9 Å². The number of rotatable bonds is 10. The molecule has 210 valence electrons. The smallest absolute Gasteiger partial charge is 0.255 e. The number of fused-ring (bicyclic) bond motifs is 1. The lowest BCUT2D eigenvalue weighted by atomic mass is 10.0. The molecule has 0 fully saturated rings. The molecule has 0 spiro atoms. The number of nitrogens with one attached hydrogen (secondary N) is 2. The Labute approximate surface area is 232 Å². The summed E-state index contributed by atoms with van der Waals surface area (Å²) in [7, 11) is 1.41. The number of methoxy groups -OCH3 is 1. The second-order valence-corrected chi connectivity index (χ2v) is 10.9. The van der Waals surface area contributed by atoms with Crippen LogP contribution in [-0.2, 0) is 11.2 Å². The van der Waals surface area contributed by atoms with Crippen molar-refractivity contribution in [2.45, 2.75) is 58.7 Å². The van der Waals surface area contributed by atoms with E-state index >= 15 is 0 Å². The van der Waals surface area contributed by atoms with Crippen LogP contribution in [0.25, 0.3) is 10.6 Å². The number of nitrogens with zero attached hydrogens (tertiary/aromatic N) is 3. The molecule has 39 heavy (non-hydrogen) atoms. The van der Waals surface area contributed by atoms with E-state index in [-0.39, 0.29) is 19.1 Å². The largest absolute Gasteiger partial charge is 0.497 e. The molecule has 3 heterocycles. The highest BCUT2D eigenvalue weighted by molar-refractivity contribution is 7.15. The summed E-state index contributed by atoms with van der Waals surface area (Å²) in [6, 6.07) is 4.42. The number of hydrogen-bond acceptors (Lipinski definition) is 8. The molecule has 1 aliphatic heterocycles. The summed E-state index contributed by atoms with van der Waals surface area (Å²) in [6.45, 7) is 7.67. The molecule has 3 N–H and O–H groups in total. The molecule has 0 saturated carbocycles. The Morgan fingerprint density at radius 3 is 2.77 bits per heavy atom. The van der Waals surface area contributed by atoms with Crippen LogP contribution in [0, 0.1) is 12.7 Å². The van der Waals surface area contributed by atoms with E-state index in [0.717, 1.165) is 27.4 Å². The Morgan fingerprint density at radius 2 is 2.08 bits per heavy atom. The zero-order valence-electron chi connectivity index (χ0n) is 22.7. The number of aryl methyl sites for hydroxylation is 1. The topological polar surface area (TPSA) is 117 Å². The molecule has 9 nitrogen and oxygen atoms in total.